The third-order valence-electron chi connectivity index (χ3n) is 7.54. The molecule has 3 heteroatoms. The summed E-state index contributed by atoms with van der Waals surface area (Å²) < 4.78 is 0. The van der Waals surface area contributed by atoms with Crippen molar-refractivity contribution in [3.05, 3.63) is 0 Å². The molecule has 1 unspecified atom stereocenters. The van der Waals surface area contributed by atoms with Gasteiger partial charge in [-0.15, -0.1) is 0 Å². The summed E-state index contributed by atoms with van der Waals surface area (Å²) in [6, 6.07) is 0. The fourth-order valence-corrected chi connectivity index (χ4v) is 5.69. The van der Waals surface area contributed by atoms with Crippen LogP contribution in [0.1, 0.15) is 135 Å². The van der Waals surface area contributed by atoms with Gasteiger partial charge in [0.05, 0.1) is 0 Å². The van der Waals surface area contributed by atoms with Crippen molar-refractivity contribution in [3.8, 4) is 0 Å². The second-order valence-corrected chi connectivity index (χ2v) is 9.71. The maximum Gasteiger partial charge on any atom is 0.0436 e. The average Bonchev–Trinajstić information content (AvgIpc) is 2.71. The molecule has 1 aliphatic carbocycles. The average molecular weight is 413 g/mol. The maximum atomic E-state index is 9.80. The van der Waals surface area contributed by atoms with Gasteiger partial charge < -0.3 is 15.3 Å². The first-order chi connectivity index (χ1) is 14.3. The van der Waals surface area contributed by atoms with Crippen LogP contribution in [-0.4, -0.2) is 35.1 Å². The third kappa shape index (κ3) is 12.4. The van der Waals surface area contributed by atoms with E-state index in [-0.39, 0.29) is 25.2 Å². The Hall–Kier alpha value is -0.120. The lowest BCUT2D eigenvalue weighted by Gasteiger charge is -2.41. The quantitative estimate of drug-likeness (QED) is 0.451. The minimum Gasteiger partial charge on any atom is -0.396 e. The van der Waals surface area contributed by atoms with Gasteiger partial charge >= 0.3 is 0 Å². The van der Waals surface area contributed by atoms with E-state index in [0.717, 1.165) is 32.1 Å². The van der Waals surface area contributed by atoms with Crippen LogP contribution < -0.4 is 0 Å². The summed E-state index contributed by atoms with van der Waals surface area (Å²) in [5.41, 5.74) is 0.00701. The van der Waals surface area contributed by atoms with E-state index >= 15 is 0 Å². The molecular formula is C26H52O3. The van der Waals surface area contributed by atoms with E-state index in [1.54, 1.807) is 0 Å². The Labute approximate surface area is 181 Å². The van der Waals surface area contributed by atoms with Crippen LogP contribution >= 0.6 is 0 Å². The van der Waals surface area contributed by atoms with Crippen LogP contribution in [-0.2, 0) is 0 Å². The summed E-state index contributed by atoms with van der Waals surface area (Å²) in [5, 5.41) is 29.3. The van der Waals surface area contributed by atoms with Gasteiger partial charge in [0, 0.05) is 19.8 Å². The van der Waals surface area contributed by atoms with Gasteiger partial charge in [0.2, 0.25) is 0 Å². The molecule has 1 fully saturated rings. The summed E-state index contributed by atoms with van der Waals surface area (Å²) in [5.74, 6) is 0.428. The van der Waals surface area contributed by atoms with Gasteiger partial charge in [-0.25, -0.2) is 0 Å². The largest absolute Gasteiger partial charge is 0.396 e. The monoisotopic (exact) mass is 412 g/mol. The first-order valence-electron chi connectivity index (χ1n) is 13.1. The van der Waals surface area contributed by atoms with E-state index in [1.165, 1.54) is 103 Å². The van der Waals surface area contributed by atoms with Gasteiger partial charge in [0.1, 0.15) is 0 Å². The summed E-state index contributed by atoms with van der Waals surface area (Å²) in [6.45, 7) is 0.618. The molecule has 0 bridgehead atoms. The maximum absolute atomic E-state index is 9.80. The van der Waals surface area contributed by atoms with Crippen LogP contribution in [0.15, 0.2) is 0 Å². The first kappa shape index (κ1) is 26.9. The van der Waals surface area contributed by atoms with Crippen molar-refractivity contribution in [1.29, 1.82) is 0 Å². The van der Waals surface area contributed by atoms with E-state index in [9.17, 15) is 15.3 Å². The standard InChI is InChI=1S/C26H52O3/c27-22-18-25-17-15-13-11-9-7-5-3-1-2-4-6-8-10-12-14-16-19-26(25,20-23-28)21-24-29/h25,27-29H,1-24H2. The zero-order valence-electron chi connectivity index (χ0n) is 19.4. The summed E-state index contributed by atoms with van der Waals surface area (Å²) >= 11 is 0. The highest BCUT2D eigenvalue weighted by molar-refractivity contribution is 4.86. The molecule has 1 atom stereocenters. The zero-order valence-corrected chi connectivity index (χ0v) is 19.4. The fourth-order valence-electron chi connectivity index (χ4n) is 5.69. The topological polar surface area (TPSA) is 60.7 Å². The van der Waals surface area contributed by atoms with E-state index in [2.05, 4.69) is 0 Å². The lowest BCUT2D eigenvalue weighted by Crippen LogP contribution is -2.34. The Morgan fingerprint density at radius 2 is 0.862 bits per heavy atom. The van der Waals surface area contributed by atoms with Crippen LogP contribution in [0.3, 0.4) is 0 Å². The summed E-state index contributed by atoms with van der Waals surface area (Å²) in [4.78, 5) is 0. The Morgan fingerprint density at radius 3 is 1.24 bits per heavy atom. The zero-order chi connectivity index (χ0) is 21.0. The summed E-state index contributed by atoms with van der Waals surface area (Å²) in [7, 11) is 0. The Kier molecular flexibility index (Phi) is 17.3. The van der Waals surface area contributed by atoms with Crippen molar-refractivity contribution in [3.63, 3.8) is 0 Å². The highest BCUT2D eigenvalue weighted by atomic mass is 16.3. The van der Waals surface area contributed by atoms with Crippen molar-refractivity contribution in [2.45, 2.75) is 135 Å². The SMILES string of the molecule is OCCC1CCCCCCCCCCCCCCCCCCC1(CCO)CCO. The number of hydrogen-bond donors (Lipinski definition) is 3. The number of rotatable bonds is 6. The number of aliphatic hydroxyl groups is 3. The van der Waals surface area contributed by atoms with E-state index in [0.29, 0.717) is 5.92 Å². The molecule has 1 saturated carbocycles. The molecule has 174 valence electrons. The fraction of sp³-hybridized carbons (Fsp3) is 1.00. The van der Waals surface area contributed by atoms with Gasteiger partial charge in [-0.05, 0) is 43.4 Å². The van der Waals surface area contributed by atoms with Crippen molar-refractivity contribution in [2.24, 2.45) is 11.3 Å². The second-order valence-electron chi connectivity index (χ2n) is 9.71. The highest BCUT2D eigenvalue weighted by Crippen LogP contribution is 2.44. The molecule has 0 radical (unpaired) electrons. The Bertz CT molecular complexity index is 339. The molecule has 0 aromatic carbocycles. The van der Waals surface area contributed by atoms with E-state index in [1.807, 2.05) is 0 Å². The van der Waals surface area contributed by atoms with E-state index in [4.69, 9.17) is 0 Å². The van der Waals surface area contributed by atoms with Crippen LogP contribution in [0.5, 0.6) is 0 Å². The van der Waals surface area contributed by atoms with Crippen LogP contribution in [0, 0.1) is 11.3 Å². The second kappa shape index (κ2) is 18.6. The predicted octanol–water partition coefficient (Wildman–Crippen LogP) is 6.77. The molecule has 0 aromatic heterocycles. The minimum atomic E-state index is 0.00701. The van der Waals surface area contributed by atoms with E-state index < -0.39 is 0 Å². The van der Waals surface area contributed by atoms with Crippen LogP contribution in [0.25, 0.3) is 0 Å². The molecule has 29 heavy (non-hydrogen) atoms. The van der Waals surface area contributed by atoms with Crippen LogP contribution in [0.2, 0.25) is 0 Å². The molecule has 0 amide bonds. The Balaban J connectivity index is 2.67. The van der Waals surface area contributed by atoms with Crippen LogP contribution in [0.4, 0.5) is 0 Å². The van der Waals surface area contributed by atoms with Gasteiger partial charge in [-0.3, -0.25) is 0 Å². The van der Waals surface area contributed by atoms with Crippen molar-refractivity contribution in [1.82, 2.24) is 0 Å². The normalized spacial score (nSPS) is 24.7. The molecule has 3 nitrogen and oxygen atoms in total. The highest BCUT2D eigenvalue weighted by Gasteiger charge is 2.36. The Morgan fingerprint density at radius 1 is 0.483 bits per heavy atom. The van der Waals surface area contributed by atoms with Gasteiger partial charge in [-0.2, -0.15) is 0 Å². The molecule has 0 saturated heterocycles. The molecule has 3 N–H and O–H groups in total. The molecule has 1 aliphatic rings. The van der Waals surface area contributed by atoms with Crippen molar-refractivity contribution >= 4 is 0 Å². The van der Waals surface area contributed by atoms with Gasteiger partial charge in [0.25, 0.3) is 0 Å². The third-order valence-corrected chi connectivity index (χ3v) is 7.54. The van der Waals surface area contributed by atoms with Crippen molar-refractivity contribution in [2.75, 3.05) is 19.8 Å². The predicted molar refractivity (Wildman–Crippen MR) is 124 cm³/mol. The molecule has 0 aliphatic heterocycles. The molecule has 0 spiro atoms. The van der Waals surface area contributed by atoms with Crippen molar-refractivity contribution < 1.29 is 15.3 Å². The smallest absolute Gasteiger partial charge is 0.0436 e. The molecule has 0 heterocycles. The molecule has 0 aromatic rings. The first-order valence-corrected chi connectivity index (χ1v) is 13.1. The lowest BCUT2D eigenvalue weighted by atomic mass is 9.65. The summed E-state index contributed by atoms with van der Waals surface area (Å²) in [6.07, 6.45) is 26.2. The number of hydrogen-bond acceptors (Lipinski definition) is 3. The minimum absolute atomic E-state index is 0.00701. The van der Waals surface area contributed by atoms with Gasteiger partial charge in [0.15, 0.2) is 0 Å². The molecular weight excluding hydrogens is 360 g/mol. The lowest BCUT2D eigenvalue weighted by molar-refractivity contribution is 0.0382. The molecule has 1 rings (SSSR count). The number of aliphatic hydroxyl groups excluding tert-OH is 3. The van der Waals surface area contributed by atoms with Gasteiger partial charge in [-0.1, -0.05) is 103 Å².